The van der Waals surface area contributed by atoms with Crippen LogP contribution in [0, 0.1) is 6.92 Å². The molecule has 0 fully saturated rings. The smallest absolute Gasteiger partial charge is 0.240 e. The summed E-state index contributed by atoms with van der Waals surface area (Å²) < 4.78 is 28.7. The summed E-state index contributed by atoms with van der Waals surface area (Å²) in [4.78, 5) is 11.4. The molecule has 0 aliphatic carbocycles. The molecule has 0 amide bonds. The molecule has 112 valence electrons. The first-order valence-electron chi connectivity index (χ1n) is 6.39. The van der Waals surface area contributed by atoms with Crippen LogP contribution in [0.4, 0.5) is 0 Å². The van der Waals surface area contributed by atoms with E-state index in [4.69, 9.17) is 0 Å². The maximum Gasteiger partial charge on any atom is 0.240 e. The molecule has 0 saturated carbocycles. The number of sulfonamides is 1. The van der Waals surface area contributed by atoms with Crippen LogP contribution in [-0.2, 0) is 23.6 Å². The van der Waals surface area contributed by atoms with Crippen LogP contribution in [0.5, 0.6) is 0 Å². The number of nitrogens with zero attached hydrogens (tertiary/aromatic N) is 2. The molecule has 2 rings (SSSR count). The highest BCUT2D eigenvalue weighted by atomic mass is 32.2. The van der Waals surface area contributed by atoms with Crippen LogP contribution in [0.2, 0.25) is 0 Å². The number of ketones is 1. The standard InChI is InChI=1S/C14H17N3O3S/c1-10-13(8-15-17(10)3)9-16-21(19,20)14-6-4-5-12(7-14)11(2)18/h4-8,16H,9H2,1-3H3. The Balaban J connectivity index is 2.21. The molecule has 0 radical (unpaired) electrons. The zero-order chi connectivity index (χ0) is 15.6. The van der Waals surface area contributed by atoms with Crippen molar-refractivity contribution in [3.8, 4) is 0 Å². The predicted octanol–water partition coefficient (Wildman–Crippen LogP) is 1.41. The van der Waals surface area contributed by atoms with Crippen molar-refractivity contribution in [3.63, 3.8) is 0 Å². The molecule has 1 N–H and O–H groups in total. The molecule has 0 spiro atoms. The van der Waals surface area contributed by atoms with Gasteiger partial charge in [0, 0.05) is 30.4 Å². The molecule has 0 aliphatic heterocycles. The molecule has 0 atom stereocenters. The lowest BCUT2D eigenvalue weighted by atomic mass is 10.2. The maximum absolute atomic E-state index is 12.2. The minimum atomic E-state index is -3.66. The fourth-order valence-corrected chi connectivity index (χ4v) is 2.91. The predicted molar refractivity (Wildman–Crippen MR) is 78.4 cm³/mol. The van der Waals surface area contributed by atoms with Gasteiger partial charge < -0.3 is 0 Å². The van der Waals surface area contributed by atoms with E-state index in [9.17, 15) is 13.2 Å². The molecule has 0 saturated heterocycles. The second kappa shape index (κ2) is 5.79. The molecule has 2 aromatic rings. The SMILES string of the molecule is CC(=O)c1cccc(S(=O)(=O)NCc2cnn(C)c2C)c1. The van der Waals surface area contributed by atoms with Gasteiger partial charge in [-0.15, -0.1) is 0 Å². The Labute approximate surface area is 123 Å². The van der Waals surface area contributed by atoms with Crippen LogP contribution in [0.1, 0.15) is 28.5 Å². The number of carbonyl (C=O) groups excluding carboxylic acids is 1. The first-order chi connectivity index (χ1) is 9.81. The van der Waals surface area contributed by atoms with Crippen molar-refractivity contribution in [2.45, 2.75) is 25.3 Å². The van der Waals surface area contributed by atoms with Gasteiger partial charge in [-0.3, -0.25) is 9.48 Å². The third-order valence-electron chi connectivity index (χ3n) is 3.34. The van der Waals surface area contributed by atoms with Crippen molar-refractivity contribution >= 4 is 15.8 Å². The number of rotatable bonds is 5. The minimum Gasteiger partial charge on any atom is -0.295 e. The van der Waals surface area contributed by atoms with Crippen molar-refractivity contribution in [3.05, 3.63) is 47.3 Å². The highest BCUT2D eigenvalue weighted by Crippen LogP contribution is 2.13. The third kappa shape index (κ3) is 3.37. The topological polar surface area (TPSA) is 81.1 Å². The summed E-state index contributed by atoms with van der Waals surface area (Å²) in [5, 5.41) is 4.06. The van der Waals surface area contributed by atoms with E-state index in [0.29, 0.717) is 5.56 Å². The molecule has 1 aromatic carbocycles. The molecule has 0 aliphatic rings. The van der Waals surface area contributed by atoms with Gasteiger partial charge in [-0.1, -0.05) is 12.1 Å². The highest BCUT2D eigenvalue weighted by molar-refractivity contribution is 7.89. The minimum absolute atomic E-state index is 0.0803. The Bertz CT molecular complexity index is 779. The first kappa shape index (κ1) is 15.4. The average Bonchev–Trinajstić information content (AvgIpc) is 2.77. The molecular weight excluding hydrogens is 290 g/mol. The van der Waals surface area contributed by atoms with E-state index in [1.807, 2.05) is 6.92 Å². The monoisotopic (exact) mass is 307 g/mol. The number of hydrogen-bond donors (Lipinski definition) is 1. The van der Waals surface area contributed by atoms with Gasteiger partial charge in [-0.2, -0.15) is 5.10 Å². The Morgan fingerprint density at radius 2 is 2.10 bits per heavy atom. The summed E-state index contributed by atoms with van der Waals surface area (Å²) in [7, 11) is -1.87. The summed E-state index contributed by atoms with van der Waals surface area (Å²) in [6.07, 6.45) is 1.63. The van der Waals surface area contributed by atoms with Crippen molar-refractivity contribution < 1.29 is 13.2 Å². The van der Waals surface area contributed by atoms with Gasteiger partial charge in [0.1, 0.15) is 0 Å². The summed E-state index contributed by atoms with van der Waals surface area (Å²) in [6.45, 7) is 3.43. The molecule has 1 heterocycles. The number of carbonyl (C=O) groups is 1. The van der Waals surface area contributed by atoms with Crippen LogP contribution < -0.4 is 4.72 Å². The van der Waals surface area contributed by atoms with E-state index in [-0.39, 0.29) is 17.2 Å². The van der Waals surface area contributed by atoms with Gasteiger partial charge >= 0.3 is 0 Å². The number of benzene rings is 1. The van der Waals surface area contributed by atoms with E-state index in [1.165, 1.54) is 19.1 Å². The Hall–Kier alpha value is -1.99. The number of nitrogens with one attached hydrogen (secondary N) is 1. The largest absolute Gasteiger partial charge is 0.295 e. The van der Waals surface area contributed by atoms with Crippen LogP contribution in [0.3, 0.4) is 0 Å². The van der Waals surface area contributed by atoms with Crippen LogP contribution in [0.25, 0.3) is 0 Å². The van der Waals surface area contributed by atoms with Gasteiger partial charge in [0.05, 0.1) is 11.1 Å². The molecule has 7 heteroatoms. The lowest BCUT2D eigenvalue weighted by molar-refractivity contribution is 0.101. The average molecular weight is 307 g/mol. The normalized spacial score (nSPS) is 11.6. The van der Waals surface area contributed by atoms with E-state index < -0.39 is 10.0 Å². The lowest BCUT2D eigenvalue weighted by Crippen LogP contribution is -2.23. The Kier molecular flexibility index (Phi) is 4.24. The second-order valence-corrected chi connectivity index (χ2v) is 6.55. The lowest BCUT2D eigenvalue weighted by Gasteiger charge is -2.07. The van der Waals surface area contributed by atoms with Gasteiger partial charge in [-0.05, 0) is 26.0 Å². The third-order valence-corrected chi connectivity index (χ3v) is 4.74. The summed E-state index contributed by atoms with van der Waals surface area (Å²) in [6, 6.07) is 5.98. The summed E-state index contributed by atoms with van der Waals surface area (Å²) >= 11 is 0. The van der Waals surface area contributed by atoms with Crippen molar-refractivity contribution in [2.24, 2.45) is 7.05 Å². The fraction of sp³-hybridized carbons (Fsp3) is 0.286. The van der Waals surface area contributed by atoms with E-state index >= 15 is 0 Å². The van der Waals surface area contributed by atoms with Crippen molar-refractivity contribution in [2.75, 3.05) is 0 Å². The number of aromatic nitrogens is 2. The molecule has 0 bridgehead atoms. The van der Waals surface area contributed by atoms with Crippen molar-refractivity contribution in [1.29, 1.82) is 0 Å². The number of hydrogen-bond acceptors (Lipinski definition) is 4. The molecule has 0 unspecified atom stereocenters. The number of Topliss-reactive ketones (excluding diaryl/α,β-unsaturated/α-hetero) is 1. The zero-order valence-electron chi connectivity index (χ0n) is 12.1. The summed E-state index contributed by atoms with van der Waals surface area (Å²) in [5.74, 6) is -0.171. The van der Waals surface area contributed by atoms with Gasteiger partial charge in [0.15, 0.2) is 5.78 Å². The number of aryl methyl sites for hydroxylation is 1. The van der Waals surface area contributed by atoms with Gasteiger partial charge in [0.25, 0.3) is 0 Å². The van der Waals surface area contributed by atoms with E-state index in [2.05, 4.69) is 9.82 Å². The Morgan fingerprint density at radius 1 is 1.38 bits per heavy atom. The first-order valence-corrected chi connectivity index (χ1v) is 7.88. The maximum atomic E-state index is 12.2. The molecule has 1 aromatic heterocycles. The molecular formula is C14H17N3O3S. The highest BCUT2D eigenvalue weighted by Gasteiger charge is 2.16. The quantitative estimate of drug-likeness (QED) is 0.847. The Morgan fingerprint density at radius 3 is 2.67 bits per heavy atom. The molecule has 6 nitrogen and oxygen atoms in total. The van der Waals surface area contributed by atoms with Gasteiger partial charge in [0.2, 0.25) is 10.0 Å². The zero-order valence-corrected chi connectivity index (χ0v) is 12.9. The molecule has 21 heavy (non-hydrogen) atoms. The van der Waals surface area contributed by atoms with Crippen LogP contribution in [0.15, 0.2) is 35.4 Å². The second-order valence-electron chi connectivity index (χ2n) is 4.79. The van der Waals surface area contributed by atoms with E-state index in [0.717, 1.165) is 11.3 Å². The van der Waals surface area contributed by atoms with Crippen LogP contribution in [-0.4, -0.2) is 24.0 Å². The fourth-order valence-electron chi connectivity index (χ4n) is 1.86. The van der Waals surface area contributed by atoms with Crippen LogP contribution >= 0.6 is 0 Å². The van der Waals surface area contributed by atoms with E-state index in [1.54, 1.807) is 30.1 Å². The summed E-state index contributed by atoms with van der Waals surface area (Å²) in [5.41, 5.74) is 2.08. The van der Waals surface area contributed by atoms with Crippen molar-refractivity contribution in [1.82, 2.24) is 14.5 Å². The van der Waals surface area contributed by atoms with Gasteiger partial charge in [-0.25, -0.2) is 13.1 Å².